The number of rotatable bonds is 12. The van der Waals surface area contributed by atoms with E-state index in [-0.39, 0.29) is 0 Å². The molecule has 0 aliphatic carbocycles. The Bertz CT molecular complexity index is 10200. The number of furan rings is 1. The van der Waals surface area contributed by atoms with Crippen molar-refractivity contribution in [1.82, 2.24) is 58.1 Å². The summed E-state index contributed by atoms with van der Waals surface area (Å²) in [6.07, 6.45) is 0. The first-order valence-corrected chi connectivity index (χ1v) is 49.5. The molecule has 20 aromatic carbocycles. The Labute approximate surface area is 826 Å². The molecule has 0 atom stereocenters. The monoisotopic (exact) mass is 1860 g/mol. The van der Waals surface area contributed by atoms with Gasteiger partial charge in [0.25, 0.3) is 0 Å². The minimum Gasteiger partial charge on any atom is -0.455 e. The summed E-state index contributed by atoms with van der Waals surface area (Å²) in [6.45, 7) is 0. The normalized spacial score (nSPS) is 11.8. The van der Waals surface area contributed by atoms with Gasteiger partial charge < -0.3 is 8.98 Å². The molecule has 30 aromatic rings. The maximum absolute atomic E-state index is 6.54. The molecule has 10 aromatic heterocycles. The van der Waals surface area contributed by atoms with E-state index >= 15 is 0 Å². The summed E-state index contributed by atoms with van der Waals surface area (Å²) in [6, 6.07) is 166. The van der Waals surface area contributed by atoms with E-state index in [2.05, 4.69) is 437 Å². The predicted octanol–water partition coefficient (Wildman–Crippen LogP) is 33.7. The number of hydrogen-bond donors (Lipinski definition) is 0. The second kappa shape index (κ2) is 34.1. The summed E-state index contributed by atoms with van der Waals surface area (Å²) in [5.74, 6) is 4.36. The molecule has 0 amide bonds. The zero-order valence-corrected chi connectivity index (χ0v) is 78.3. The van der Waals surface area contributed by atoms with Gasteiger partial charge in [0.15, 0.2) is 23.3 Å². The number of para-hydroxylation sites is 7. The van der Waals surface area contributed by atoms with Crippen LogP contribution in [-0.2, 0) is 0 Å². The van der Waals surface area contributed by atoms with Crippen molar-refractivity contribution in [2.45, 2.75) is 0 Å². The number of benzene rings is 20. The maximum Gasteiger partial charge on any atom is 0.238 e. The zero-order valence-electron chi connectivity index (χ0n) is 76.6. The van der Waals surface area contributed by atoms with Crippen LogP contribution in [0.5, 0.6) is 0 Å². The van der Waals surface area contributed by atoms with Gasteiger partial charge in [-0.1, -0.05) is 376 Å². The van der Waals surface area contributed by atoms with E-state index in [0.717, 1.165) is 138 Å². The highest BCUT2D eigenvalue weighted by Crippen LogP contribution is 2.48. The van der Waals surface area contributed by atoms with Crippen LogP contribution in [0.1, 0.15) is 0 Å². The summed E-state index contributed by atoms with van der Waals surface area (Å²) in [4.78, 5) is 41.4. The molecule has 13 nitrogen and oxygen atoms in total. The van der Waals surface area contributed by atoms with Crippen molar-refractivity contribution in [1.29, 1.82) is 0 Å². The Morgan fingerprint density at radius 3 is 1.02 bits per heavy atom. The minimum absolute atomic E-state index is 0.593. The van der Waals surface area contributed by atoms with Crippen LogP contribution >= 0.6 is 22.7 Å². The van der Waals surface area contributed by atoms with Gasteiger partial charge in [-0.25, -0.2) is 19.9 Å². The Kier molecular flexibility index (Phi) is 19.7. The average molecular weight is 1860 g/mol. The van der Waals surface area contributed by atoms with Gasteiger partial charge in [0.2, 0.25) is 17.8 Å². The topological polar surface area (TPSA) is 136 Å². The van der Waals surface area contributed by atoms with Crippen LogP contribution < -0.4 is 0 Å². The SMILES string of the molecule is c1cc(-c2nc(-n3c4ccccc4c4c5oc6ccccc6c5ccc43)nc3ccccc23)cc(-n2c3ccccc3c3ccccc32)c1.c1ccc(-c2ccc(-c3nc(-c4ccc(-c5ccccc5)cc4)nc(-n4c5ccccc5c5c6sc7ccccc7c6ccc54)n3)cc2)cc1.c1ccc(-c2cccc(-c3nc(-c4ccccc4)nc(-n4c5ccccc5c5c6sc7ccccc7c6ccc54)n3)c2)cc1. The highest BCUT2D eigenvalue weighted by Gasteiger charge is 2.28. The predicted molar refractivity (Wildman–Crippen MR) is 593 cm³/mol. The van der Waals surface area contributed by atoms with Crippen LogP contribution in [0.15, 0.2) is 478 Å². The van der Waals surface area contributed by atoms with Gasteiger partial charge in [-0.05, 0) is 130 Å². The van der Waals surface area contributed by atoms with Crippen LogP contribution in [0, 0.1) is 0 Å². The largest absolute Gasteiger partial charge is 0.455 e. The third kappa shape index (κ3) is 14.0. The van der Waals surface area contributed by atoms with Crippen molar-refractivity contribution >= 4 is 183 Å². The molecular weight excluding hydrogens is 1790 g/mol. The third-order valence-electron chi connectivity index (χ3n) is 27.7. The van der Waals surface area contributed by atoms with E-state index in [9.17, 15) is 0 Å². The molecule has 0 saturated carbocycles. The molecule has 0 unspecified atom stereocenters. The smallest absolute Gasteiger partial charge is 0.238 e. The van der Waals surface area contributed by atoms with Gasteiger partial charge in [-0.15, -0.1) is 22.7 Å². The molecule has 0 bridgehead atoms. The summed E-state index contributed by atoms with van der Waals surface area (Å²) in [5.41, 5.74) is 25.0. The summed E-state index contributed by atoms with van der Waals surface area (Å²) in [5, 5.41) is 17.8. The van der Waals surface area contributed by atoms with Gasteiger partial charge in [-0.3, -0.25) is 13.7 Å². The molecule has 0 fully saturated rings. The molecule has 15 heteroatoms. The first-order valence-electron chi connectivity index (χ1n) is 47.8. The Morgan fingerprint density at radius 2 is 0.517 bits per heavy atom. The second-order valence-corrected chi connectivity index (χ2v) is 38.0. The Balaban J connectivity index is 0.000000105. The first-order chi connectivity index (χ1) is 70.9. The van der Waals surface area contributed by atoms with E-state index in [1.165, 1.54) is 94.8 Å². The van der Waals surface area contributed by atoms with Gasteiger partial charge in [0, 0.05) is 128 Å². The molecule has 10 heterocycles. The number of aromatic nitrogens is 12. The lowest BCUT2D eigenvalue weighted by atomic mass is 10.0. The van der Waals surface area contributed by atoms with E-state index in [0.29, 0.717) is 41.1 Å². The van der Waals surface area contributed by atoms with Crippen LogP contribution in [0.25, 0.3) is 274 Å². The quantitative estimate of drug-likeness (QED) is 0.117. The van der Waals surface area contributed by atoms with Crippen LogP contribution in [0.3, 0.4) is 0 Å². The molecule has 0 aliphatic rings. The van der Waals surface area contributed by atoms with Crippen molar-refractivity contribution in [2.75, 3.05) is 0 Å². The van der Waals surface area contributed by atoms with Crippen molar-refractivity contribution in [2.24, 2.45) is 0 Å². The van der Waals surface area contributed by atoms with Crippen LogP contribution in [-0.4, -0.2) is 58.1 Å². The van der Waals surface area contributed by atoms with Crippen molar-refractivity contribution in [3.63, 3.8) is 0 Å². The second-order valence-electron chi connectivity index (χ2n) is 35.9. The van der Waals surface area contributed by atoms with Gasteiger partial charge in [0.1, 0.15) is 11.2 Å². The lowest BCUT2D eigenvalue weighted by Crippen LogP contribution is -2.06. The summed E-state index contributed by atoms with van der Waals surface area (Å²) < 4.78 is 20.6. The summed E-state index contributed by atoms with van der Waals surface area (Å²) >= 11 is 3.69. The van der Waals surface area contributed by atoms with Crippen molar-refractivity contribution in [3.8, 4) is 114 Å². The molecule has 668 valence electrons. The minimum atomic E-state index is 0.593. The van der Waals surface area contributed by atoms with E-state index < -0.39 is 0 Å². The molecule has 0 aliphatic heterocycles. The Hall–Kier alpha value is -18.8. The lowest BCUT2D eigenvalue weighted by molar-refractivity contribution is 0.673. The first kappa shape index (κ1) is 82.5. The number of hydrogen-bond acceptors (Lipinski definition) is 11. The lowest BCUT2D eigenvalue weighted by Gasteiger charge is -2.13. The van der Waals surface area contributed by atoms with E-state index in [1.54, 1.807) is 0 Å². The number of nitrogens with zero attached hydrogens (tertiary/aromatic N) is 12. The number of thiophene rings is 2. The fraction of sp³-hybridized carbons (Fsp3) is 0. The molecule has 0 radical (unpaired) electrons. The van der Waals surface area contributed by atoms with Gasteiger partial charge >= 0.3 is 0 Å². The average Bonchev–Trinajstić information content (AvgIpc) is 1.56. The van der Waals surface area contributed by atoms with E-state index in [1.807, 2.05) is 77.3 Å². The fourth-order valence-electron chi connectivity index (χ4n) is 21.1. The van der Waals surface area contributed by atoms with Gasteiger partial charge in [0.05, 0.1) is 60.7 Å². The highest BCUT2D eigenvalue weighted by atomic mass is 32.1. The Morgan fingerprint density at radius 1 is 0.182 bits per heavy atom. The maximum atomic E-state index is 6.54. The highest BCUT2D eigenvalue weighted by molar-refractivity contribution is 7.27. The zero-order chi connectivity index (χ0) is 94.1. The molecule has 0 saturated heterocycles. The molecule has 143 heavy (non-hydrogen) atoms. The van der Waals surface area contributed by atoms with Crippen molar-refractivity contribution < 1.29 is 4.42 Å². The van der Waals surface area contributed by atoms with Gasteiger partial charge in [-0.2, -0.15) is 19.9 Å². The van der Waals surface area contributed by atoms with Crippen molar-refractivity contribution in [3.05, 3.63) is 473 Å². The molecule has 30 rings (SSSR count). The van der Waals surface area contributed by atoms with Crippen LogP contribution in [0.2, 0.25) is 0 Å². The number of fused-ring (bicyclic) bond motifs is 25. The fourth-order valence-corrected chi connectivity index (χ4v) is 23.6. The third-order valence-corrected chi connectivity index (χ3v) is 30.1. The summed E-state index contributed by atoms with van der Waals surface area (Å²) in [7, 11) is 0. The molecular formula is C128H78N12OS2. The van der Waals surface area contributed by atoms with E-state index in [4.69, 9.17) is 44.3 Å². The standard InChI is InChI=1S/C45H28N4S.C44H26N4O.C39H24N4S/c1-3-11-29(12-4-1)31-19-23-33(24-20-31)43-46-44(34-25-21-32(22-26-34)30-13-5-2-6-14-30)48-45(47-43)49-38-17-9-7-16-37(38)41-39(49)28-27-36-35-15-8-10-18-40(35)50-42(36)41;1-6-19-35-33(17-1)42(27-12-11-13-28(26-27)47-36-20-7-2-14-29(36)30-15-3-8-21-37(30)47)46-44(45-35)48-38-22-9-4-18-34(38)41-39(48)25-24-32-31-16-5-10-23-40(31)49-43(32)41;1-3-12-25(13-4-1)27-16-11-17-28(24-27)38-40-37(26-14-5-2-6-15-26)41-39(42-38)43-32-20-9-7-19-31(32)35-33(43)23-22-30-29-18-8-10-21-34(29)44-36(30)35/h1-28H;1-26H;1-24H. The molecule has 0 spiro atoms. The van der Waals surface area contributed by atoms with Crippen LogP contribution in [0.4, 0.5) is 0 Å². The molecule has 0 N–H and O–H groups in total.